The summed E-state index contributed by atoms with van der Waals surface area (Å²) >= 11 is 0. The molecule has 0 aromatic rings. The first-order chi connectivity index (χ1) is 5.20. The molecule has 0 aliphatic carbocycles. The van der Waals surface area contributed by atoms with Gasteiger partial charge in [-0.05, 0) is 25.3 Å². The third kappa shape index (κ3) is 2.50. The first-order valence-electron chi connectivity index (χ1n) is 4.15. The summed E-state index contributed by atoms with van der Waals surface area (Å²) in [4.78, 5) is 10.3. The van der Waals surface area contributed by atoms with E-state index in [1.165, 1.54) is 6.42 Å². The monoisotopic (exact) mass is 157 g/mol. The Morgan fingerprint density at radius 3 is 3.00 bits per heavy atom. The Labute approximate surface area is 66.8 Å². The zero-order chi connectivity index (χ0) is 8.27. The van der Waals surface area contributed by atoms with Gasteiger partial charge in [0.25, 0.3) is 0 Å². The van der Waals surface area contributed by atoms with E-state index < -0.39 is 5.97 Å². The first kappa shape index (κ1) is 8.53. The molecule has 1 aliphatic heterocycles. The summed E-state index contributed by atoms with van der Waals surface area (Å²) < 4.78 is 0. The van der Waals surface area contributed by atoms with Gasteiger partial charge in [0, 0.05) is 12.5 Å². The lowest BCUT2D eigenvalue weighted by atomic mass is 9.97. The van der Waals surface area contributed by atoms with Crippen molar-refractivity contribution in [3.05, 3.63) is 0 Å². The number of aliphatic carboxylic acids is 1. The van der Waals surface area contributed by atoms with Gasteiger partial charge in [0.05, 0.1) is 0 Å². The van der Waals surface area contributed by atoms with Crippen LogP contribution in [0.25, 0.3) is 0 Å². The summed E-state index contributed by atoms with van der Waals surface area (Å²) in [6.45, 7) is 3.05. The highest BCUT2D eigenvalue weighted by Crippen LogP contribution is 2.16. The fourth-order valence-electron chi connectivity index (χ4n) is 1.61. The van der Waals surface area contributed by atoms with Crippen LogP contribution in [0.5, 0.6) is 0 Å². The minimum atomic E-state index is -0.689. The van der Waals surface area contributed by atoms with Gasteiger partial charge in [0.2, 0.25) is 0 Å². The van der Waals surface area contributed by atoms with Gasteiger partial charge < -0.3 is 10.4 Å². The van der Waals surface area contributed by atoms with Crippen molar-refractivity contribution in [3.8, 4) is 0 Å². The number of nitrogens with one attached hydrogen (secondary N) is 1. The Morgan fingerprint density at radius 2 is 2.55 bits per heavy atom. The van der Waals surface area contributed by atoms with E-state index >= 15 is 0 Å². The molecule has 0 aromatic heterocycles. The average molecular weight is 157 g/mol. The molecule has 3 heteroatoms. The van der Waals surface area contributed by atoms with Gasteiger partial charge in [-0.15, -0.1) is 0 Å². The molecule has 1 fully saturated rings. The lowest BCUT2D eigenvalue weighted by molar-refractivity contribution is -0.138. The highest BCUT2D eigenvalue weighted by atomic mass is 16.4. The summed E-state index contributed by atoms with van der Waals surface area (Å²) in [7, 11) is 0. The standard InChI is InChI=1S/C8H15NO2/c1-6(5-8(10)11)7-3-2-4-9-7/h6-7,9H,2-5H2,1H3,(H,10,11)/t6-,7+/m0/s1. The number of hydrogen-bond acceptors (Lipinski definition) is 2. The second-order valence-electron chi connectivity index (χ2n) is 3.28. The normalized spacial score (nSPS) is 26.8. The van der Waals surface area contributed by atoms with Crippen LogP contribution in [0.1, 0.15) is 26.2 Å². The van der Waals surface area contributed by atoms with Gasteiger partial charge >= 0.3 is 5.97 Å². The van der Waals surface area contributed by atoms with Crippen molar-refractivity contribution in [2.75, 3.05) is 6.54 Å². The quantitative estimate of drug-likeness (QED) is 0.638. The van der Waals surface area contributed by atoms with E-state index in [9.17, 15) is 4.79 Å². The van der Waals surface area contributed by atoms with Crippen LogP contribution in [-0.2, 0) is 4.79 Å². The molecule has 0 amide bonds. The Hall–Kier alpha value is -0.570. The van der Waals surface area contributed by atoms with Gasteiger partial charge in [0.15, 0.2) is 0 Å². The Bertz CT molecular complexity index is 141. The molecule has 0 aromatic carbocycles. The molecule has 0 radical (unpaired) electrons. The van der Waals surface area contributed by atoms with Crippen molar-refractivity contribution in [1.82, 2.24) is 5.32 Å². The largest absolute Gasteiger partial charge is 0.481 e. The molecule has 1 aliphatic rings. The van der Waals surface area contributed by atoms with E-state index in [2.05, 4.69) is 5.32 Å². The van der Waals surface area contributed by atoms with Crippen LogP contribution in [0.15, 0.2) is 0 Å². The van der Waals surface area contributed by atoms with Gasteiger partial charge in [-0.2, -0.15) is 0 Å². The molecule has 2 N–H and O–H groups in total. The molecule has 2 atom stereocenters. The van der Waals surface area contributed by atoms with Crippen molar-refractivity contribution < 1.29 is 9.90 Å². The molecule has 0 bridgehead atoms. The van der Waals surface area contributed by atoms with Crippen LogP contribution >= 0.6 is 0 Å². The van der Waals surface area contributed by atoms with E-state index in [1.54, 1.807) is 0 Å². The van der Waals surface area contributed by atoms with Gasteiger partial charge in [0.1, 0.15) is 0 Å². The van der Waals surface area contributed by atoms with Crippen molar-refractivity contribution >= 4 is 5.97 Å². The number of carbonyl (C=O) groups is 1. The van der Waals surface area contributed by atoms with Crippen molar-refractivity contribution in [1.29, 1.82) is 0 Å². The third-order valence-corrected chi connectivity index (χ3v) is 2.28. The van der Waals surface area contributed by atoms with Crippen LogP contribution in [-0.4, -0.2) is 23.7 Å². The van der Waals surface area contributed by atoms with Crippen LogP contribution < -0.4 is 5.32 Å². The molecule has 1 heterocycles. The van der Waals surface area contributed by atoms with Gasteiger partial charge in [-0.1, -0.05) is 6.92 Å². The van der Waals surface area contributed by atoms with Crippen LogP contribution in [0, 0.1) is 5.92 Å². The van der Waals surface area contributed by atoms with Gasteiger partial charge in [-0.25, -0.2) is 0 Å². The summed E-state index contributed by atoms with van der Waals surface area (Å²) in [6, 6.07) is 0.436. The van der Waals surface area contributed by atoms with Gasteiger partial charge in [-0.3, -0.25) is 4.79 Å². The molecule has 1 saturated heterocycles. The third-order valence-electron chi connectivity index (χ3n) is 2.28. The fourth-order valence-corrected chi connectivity index (χ4v) is 1.61. The molecule has 0 saturated carbocycles. The van der Waals surface area contributed by atoms with Crippen LogP contribution in [0.2, 0.25) is 0 Å². The number of carboxylic acid groups (broad SMARTS) is 1. The predicted octanol–water partition coefficient (Wildman–Crippen LogP) is 0.849. The van der Waals surface area contributed by atoms with Crippen LogP contribution in [0.4, 0.5) is 0 Å². The van der Waals surface area contributed by atoms with E-state index in [0.29, 0.717) is 6.04 Å². The highest BCUT2D eigenvalue weighted by Gasteiger charge is 2.22. The maximum Gasteiger partial charge on any atom is 0.303 e. The van der Waals surface area contributed by atoms with Crippen molar-refractivity contribution in [3.63, 3.8) is 0 Å². The SMILES string of the molecule is C[C@@H](CC(=O)O)[C@H]1CCCN1. The zero-order valence-corrected chi connectivity index (χ0v) is 6.84. The highest BCUT2D eigenvalue weighted by molar-refractivity contribution is 5.67. The number of rotatable bonds is 3. The fraction of sp³-hybridized carbons (Fsp3) is 0.875. The molecule has 64 valence electrons. The molecule has 1 rings (SSSR count). The summed E-state index contributed by atoms with van der Waals surface area (Å²) in [5, 5.41) is 11.8. The summed E-state index contributed by atoms with van der Waals surface area (Å²) in [6.07, 6.45) is 2.61. The topological polar surface area (TPSA) is 49.3 Å². The second-order valence-corrected chi connectivity index (χ2v) is 3.28. The molecule has 11 heavy (non-hydrogen) atoms. The minimum Gasteiger partial charge on any atom is -0.481 e. The molecular weight excluding hydrogens is 142 g/mol. The van der Waals surface area contributed by atoms with Crippen molar-refractivity contribution in [2.24, 2.45) is 5.92 Å². The average Bonchev–Trinajstić information content (AvgIpc) is 2.35. The van der Waals surface area contributed by atoms with Crippen LogP contribution in [0.3, 0.4) is 0 Å². The van der Waals surface area contributed by atoms with Crippen molar-refractivity contribution in [2.45, 2.75) is 32.2 Å². The second kappa shape index (κ2) is 3.72. The maximum absolute atomic E-state index is 10.3. The molecule has 0 spiro atoms. The minimum absolute atomic E-state index is 0.273. The lowest BCUT2D eigenvalue weighted by Crippen LogP contribution is -2.29. The Kier molecular flexibility index (Phi) is 2.88. The number of hydrogen-bond donors (Lipinski definition) is 2. The zero-order valence-electron chi connectivity index (χ0n) is 6.84. The summed E-state index contributed by atoms with van der Waals surface area (Å²) in [5.74, 6) is -0.416. The molecule has 3 nitrogen and oxygen atoms in total. The summed E-state index contributed by atoms with van der Waals surface area (Å²) in [5.41, 5.74) is 0. The van der Waals surface area contributed by atoms with E-state index in [-0.39, 0.29) is 12.3 Å². The van der Waals surface area contributed by atoms with E-state index in [4.69, 9.17) is 5.11 Å². The lowest BCUT2D eigenvalue weighted by Gasteiger charge is -2.16. The first-order valence-corrected chi connectivity index (χ1v) is 4.15. The molecule has 0 unspecified atom stereocenters. The van der Waals surface area contributed by atoms with E-state index in [0.717, 1.165) is 13.0 Å². The molecular formula is C8H15NO2. The Balaban J connectivity index is 2.28. The Morgan fingerprint density at radius 1 is 1.82 bits per heavy atom. The maximum atomic E-state index is 10.3. The van der Waals surface area contributed by atoms with E-state index in [1.807, 2.05) is 6.92 Å². The smallest absolute Gasteiger partial charge is 0.303 e. The number of carboxylic acids is 1. The predicted molar refractivity (Wildman–Crippen MR) is 42.4 cm³/mol.